The summed E-state index contributed by atoms with van der Waals surface area (Å²) in [5.41, 5.74) is 0. The highest BCUT2D eigenvalue weighted by Gasteiger charge is 2.21. The van der Waals surface area contributed by atoms with E-state index in [4.69, 9.17) is 14.2 Å². The standard InChI is InChI=1S/C24H47NO5/c1-4-6-7-8-9-10-11-12-13-14-15-16-17-19-29-23(26)22(18-5-2)25-24(27)30-21-20-28-3/h22H,4-21H2,1-3H3,(H,25,27). The Hall–Kier alpha value is -1.30. The molecule has 0 aliphatic carbocycles. The minimum atomic E-state index is -0.646. The van der Waals surface area contributed by atoms with E-state index in [1.807, 2.05) is 6.92 Å². The van der Waals surface area contributed by atoms with Crippen LogP contribution in [0.1, 0.15) is 110 Å². The second-order valence-electron chi connectivity index (χ2n) is 8.02. The molecule has 0 aromatic rings. The van der Waals surface area contributed by atoms with Crippen LogP contribution >= 0.6 is 0 Å². The molecule has 0 heterocycles. The number of nitrogens with one attached hydrogen (secondary N) is 1. The lowest BCUT2D eigenvalue weighted by Gasteiger charge is -2.17. The van der Waals surface area contributed by atoms with Crippen molar-refractivity contribution in [1.29, 1.82) is 0 Å². The lowest BCUT2D eigenvalue weighted by atomic mass is 10.0. The number of esters is 1. The summed E-state index contributed by atoms with van der Waals surface area (Å²) in [6, 6.07) is -0.646. The zero-order valence-electron chi connectivity index (χ0n) is 19.8. The fourth-order valence-corrected chi connectivity index (χ4v) is 3.33. The average Bonchev–Trinajstić information content (AvgIpc) is 2.73. The molecule has 0 radical (unpaired) electrons. The molecule has 0 aliphatic rings. The number of alkyl carbamates (subject to hydrolysis) is 1. The minimum Gasteiger partial charge on any atom is -0.464 e. The number of unbranched alkanes of at least 4 members (excludes halogenated alkanes) is 12. The van der Waals surface area contributed by atoms with Crippen LogP contribution in [0.5, 0.6) is 0 Å². The van der Waals surface area contributed by atoms with Crippen LogP contribution in [-0.2, 0) is 19.0 Å². The predicted molar refractivity (Wildman–Crippen MR) is 122 cm³/mol. The van der Waals surface area contributed by atoms with Crippen LogP contribution in [0.25, 0.3) is 0 Å². The Labute approximate surface area is 184 Å². The first-order chi connectivity index (χ1) is 14.7. The van der Waals surface area contributed by atoms with Crippen molar-refractivity contribution in [3.8, 4) is 0 Å². The molecular weight excluding hydrogens is 382 g/mol. The smallest absolute Gasteiger partial charge is 0.407 e. The predicted octanol–water partition coefficient (Wildman–Crippen LogP) is 6.16. The lowest BCUT2D eigenvalue weighted by Crippen LogP contribution is -2.42. The van der Waals surface area contributed by atoms with Crippen LogP contribution < -0.4 is 5.32 Å². The van der Waals surface area contributed by atoms with Gasteiger partial charge in [-0.15, -0.1) is 0 Å². The molecule has 0 saturated carbocycles. The van der Waals surface area contributed by atoms with Gasteiger partial charge in [-0.05, 0) is 12.8 Å². The third-order valence-corrected chi connectivity index (χ3v) is 5.17. The normalized spacial score (nSPS) is 11.8. The minimum absolute atomic E-state index is 0.162. The summed E-state index contributed by atoms with van der Waals surface area (Å²) in [5, 5.41) is 2.58. The summed E-state index contributed by atoms with van der Waals surface area (Å²) in [4.78, 5) is 23.9. The Balaban J connectivity index is 3.63. The monoisotopic (exact) mass is 429 g/mol. The third-order valence-electron chi connectivity index (χ3n) is 5.17. The fourth-order valence-electron chi connectivity index (χ4n) is 3.33. The summed E-state index contributed by atoms with van der Waals surface area (Å²) < 4.78 is 15.1. The summed E-state index contributed by atoms with van der Waals surface area (Å²) >= 11 is 0. The molecule has 0 spiro atoms. The molecular formula is C24H47NO5. The molecule has 1 N–H and O–H groups in total. The Morgan fingerprint density at radius 2 is 1.20 bits per heavy atom. The fraction of sp³-hybridized carbons (Fsp3) is 0.917. The SMILES string of the molecule is CCCCCCCCCCCCCCCOC(=O)C(CCC)NC(=O)OCCOC. The van der Waals surface area contributed by atoms with Gasteiger partial charge in [0, 0.05) is 7.11 Å². The van der Waals surface area contributed by atoms with Crippen molar-refractivity contribution >= 4 is 12.1 Å². The van der Waals surface area contributed by atoms with E-state index >= 15 is 0 Å². The van der Waals surface area contributed by atoms with Crippen molar-refractivity contribution in [2.24, 2.45) is 0 Å². The maximum absolute atomic E-state index is 12.2. The molecule has 1 unspecified atom stereocenters. The molecule has 178 valence electrons. The number of carbonyl (C=O) groups is 2. The number of hydrogen-bond donors (Lipinski definition) is 1. The highest BCUT2D eigenvalue weighted by atomic mass is 16.6. The number of ether oxygens (including phenoxy) is 3. The summed E-state index contributed by atoms with van der Waals surface area (Å²) in [6.07, 6.45) is 17.4. The quantitative estimate of drug-likeness (QED) is 0.175. The van der Waals surface area contributed by atoms with Gasteiger partial charge >= 0.3 is 12.1 Å². The molecule has 6 heteroatoms. The first kappa shape index (κ1) is 28.7. The zero-order valence-corrected chi connectivity index (χ0v) is 19.8. The number of carbonyl (C=O) groups excluding carboxylic acids is 2. The van der Waals surface area contributed by atoms with Gasteiger partial charge in [0.1, 0.15) is 12.6 Å². The lowest BCUT2D eigenvalue weighted by molar-refractivity contribution is -0.146. The first-order valence-electron chi connectivity index (χ1n) is 12.2. The van der Waals surface area contributed by atoms with E-state index in [0.29, 0.717) is 19.6 Å². The van der Waals surface area contributed by atoms with Gasteiger partial charge < -0.3 is 19.5 Å². The van der Waals surface area contributed by atoms with Crippen molar-refractivity contribution in [1.82, 2.24) is 5.32 Å². The zero-order chi connectivity index (χ0) is 22.3. The van der Waals surface area contributed by atoms with Gasteiger partial charge in [0.25, 0.3) is 0 Å². The number of methoxy groups -OCH3 is 1. The third kappa shape index (κ3) is 18.7. The number of amides is 1. The van der Waals surface area contributed by atoms with Crippen molar-refractivity contribution < 1.29 is 23.8 Å². The van der Waals surface area contributed by atoms with E-state index in [0.717, 1.165) is 19.3 Å². The summed E-state index contributed by atoms with van der Waals surface area (Å²) in [5.74, 6) is -0.375. The van der Waals surface area contributed by atoms with Crippen molar-refractivity contribution in [3.05, 3.63) is 0 Å². The van der Waals surface area contributed by atoms with Crippen molar-refractivity contribution in [3.63, 3.8) is 0 Å². The van der Waals surface area contributed by atoms with Crippen LogP contribution in [-0.4, -0.2) is 45.0 Å². The molecule has 6 nitrogen and oxygen atoms in total. The molecule has 0 bridgehead atoms. The van der Waals surface area contributed by atoms with Gasteiger partial charge in [-0.1, -0.05) is 97.3 Å². The molecule has 0 aromatic carbocycles. The molecule has 0 fully saturated rings. The van der Waals surface area contributed by atoms with Gasteiger partial charge in [-0.3, -0.25) is 0 Å². The van der Waals surface area contributed by atoms with Crippen LogP contribution in [0.2, 0.25) is 0 Å². The van der Waals surface area contributed by atoms with Crippen LogP contribution in [0.3, 0.4) is 0 Å². The number of hydrogen-bond acceptors (Lipinski definition) is 5. The number of rotatable bonds is 21. The molecule has 1 amide bonds. The summed E-state index contributed by atoms with van der Waals surface area (Å²) in [7, 11) is 1.54. The average molecular weight is 430 g/mol. The highest BCUT2D eigenvalue weighted by molar-refractivity contribution is 5.81. The van der Waals surface area contributed by atoms with Gasteiger partial charge in [-0.25, -0.2) is 9.59 Å². The van der Waals surface area contributed by atoms with E-state index in [1.165, 1.54) is 77.7 Å². The maximum atomic E-state index is 12.2. The Kier molecular flexibility index (Phi) is 21.4. The molecule has 30 heavy (non-hydrogen) atoms. The molecule has 0 aromatic heterocycles. The Morgan fingerprint density at radius 1 is 0.667 bits per heavy atom. The van der Waals surface area contributed by atoms with E-state index in [-0.39, 0.29) is 12.6 Å². The van der Waals surface area contributed by atoms with Crippen LogP contribution in [0.15, 0.2) is 0 Å². The molecule has 0 aliphatic heterocycles. The van der Waals surface area contributed by atoms with Crippen LogP contribution in [0, 0.1) is 0 Å². The molecule has 1 atom stereocenters. The Bertz CT molecular complexity index is 403. The van der Waals surface area contributed by atoms with Gasteiger partial charge in [0.15, 0.2) is 0 Å². The molecule has 0 saturated heterocycles. The van der Waals surface area contributed by atoms with E-state index in [2.05, 4.69) is 12.2 Å². The molecule has 0 rings (SSSR count). The van der Waals surface area contributed by atoms with Gasteiger partial charge in [0.05, 0.1) is 13.2 Å². The highest BCUT2D eigenvalue weighted by Crippen LogP contribution is 2.12. The maximum Gasteiger partial charge on any atom is 0.407 e. The van der Waals surface area contributed by atoms with Crippen LogP contribution in [0.4, 0.5) is 4.79 Å². The first-order valence-corrected chi connectivity index (χ1v) is 12.2. The van der Waals surface area contributed by atoms with Gasteiger partial charge in [-0.2, -0.15) is 0 Å². The largest absolute Gasteiger partial charge is 0.464 e. The van der Waals surface area contributed by atoms with E-state index < -0.39 is 12.1 Å². The van der Waals surface area contributed by atoms with E-state index in [9.17, 15) is 9.59 Å². The second kappa shape index (κ2) is 22.4. The topological polar surface area (TPSA) is 73.9 Å². The van der Waals surface area contributed by atoms with Gasteiger partial charge in [0.2, 0.25) is 0 Å². The van der Waals surface area contributed by atoms with Crippen molar-refractivity contribution in [2.75, 3.05) is 26.9 Å². The van der Waals surface area contributed by atoms with Crippen molar-refractivity contribution in [2.45, 2.75) is 116 Å². The Morgan fingerprint density at radius 3 is 1.70 bits per heavy atom. The second-order valence-corrected chi connectivity index (χ2v) is 8.02. The van der Waals surface area contributed by atoms with E-state index in [1.54, 1.807) is 0 Å². The summed E-state index contributed by atoms with van der Waals surface area (Å²) in [6.45, 7) is 5.13.